The Hall–Kier alpha value is -2.99. The van der Waals surface area contributed by atoms with Crippen molar-refractivity contribution in [3.63, 3.8) is 0 Å². The molecule has 0 bridgehead atoms. The van der Waals surface area contributed by atoms with Gasteiger partial charge in [-0.15, -0.1) is 0 Å². The van der Waals surface area contributed by atoms with Crippen molar-refractivity contribution in [2.75, 3.05) is 6.61 Å². The molecule has 0 atom stereocenters. The number of benzene rings is 2. The van der Waals surface area contributed by atoms with Crippen molar-refractivity contribution >= 4 is 34.4 Å². The molecule has 3 aromatic rings. The topological polar surface area (TPSA) is 80.6 Å². The number of hydrogen-bond donors (Lipinski definition) is 2. The van der Waals surface area contributed by atoms with E-state index in [-0.39, 0.29) is 18.9 Å². The van der Waals surface area contributed by atoms with Gasteiger partial charge in [-0.1, -0.05) is 35.9 Å². The molecule has 0 fully saturated rings. The van der Waals surface area contributed by atoms with Crippen LogP contribution < -0.4 is 15.6 Å². The van der Waals surface area contributed by atoms with Crippen LogP contribution in [0, 0.1) is 13.8 Å². The van der Waals surface area contributed by atoms with Crippen molar-refractivity contribution in [1.29, 1.82) is 0 Å². The third kappa shape index (κ3) is 4.41. The van der Waals surface area contributed by atoms with Crippen LogP contribution in [0.3, 0.4) is 0 Å². The summed E-state index contributed by atoms with van der Waals surface area (Å²) in [6, 6.07) is 10.7. The summed E-state index contributed by atoms with van der Waals surface area (Å²) in [6.45, 7) is 3.71. The zero-order chi connectivity index (χ0) is 19.4. The highest BCUT2D eigenvalue weighted by Crippen LogP contribution is 2.26. The first-order valence-electron chi connectivity index (χ1n) is 8.37. The molecule has 140 valence electrons. The third-order valence-electron chi connectivity index (χ3n) is 4.23. The minimum atomic E-state index is -0.494. The van der Waals surface area contributed by atoms with Crippen LogP contribution in [-0.2, 0) is 16.0 Å². The number of fused-ring (bicyclic) bond motifs is 1. The molecule has 27 heavy (non-hydrogen) atoms. The molecule has 1 heterocycles. The van der Waals surface area contributed by atoms with Crippen molar-refractivity contribution in [3.8, 4) is 5.75 Å². The van der Waals surface area contributed by atoms with Crippen LogP contribution in [0.25, 0.3) is 11.0 Å². The Morgan fingerprint density at radius 3 is 2.59 bits per heavy atom. The second-order valence-electron chi connectivity index (χ2n) is 6.14. The lowest BCUT2D eigenvalue weighted by Crippen LogP contribution is -2.44. The molecule has 0 aliphatic heterocycles. The first-order valence-corrected chi connectivity index (χ1v) is 8.75. The number of aryl methyl sites for hydroxylation is 2. The van der Waals surface area contributed by atoms with Gasteiger partial charge in [0.25, 0.3) is 5.91 Å². The lowest BCUT2D eigenvalue weighted by Gasteiger charge is -2.09. The van der Waals surface area contributed by atoms with Crippen molar-refractivity contribution in [3.05, 3.63) is 64.4 Å². The molecular formula is C20H19ClN2O4. The zero-order valence-corrected chi connectivity index (χ0v) is 15.7. The molecule has 0 unspecified atom stereocenters. The molecule has 0 aliphatic carbocycles. The predicted molar refractivity (Wildman–Crippen MR) is 103 cm³/mol. The summed E-state index contributed by atoms with van der Waals surface area (Å²) in [5.41, 5.74) is 8.38. The van der Waals surface area contributed by atoms with E-state index in [1.807, 2.05) is 26.0 Å². The van der Waals surface area contributed by atoms with Gasteiger partial charge in [0.05, 0.1) is 17.7 Å². The van der Waals surface area contributed by atoms with Gasteiger partial charge >= 0.3 is 0 Å². The molecule has 2 amide bonds. The zero-order valence-electron chi connectivity index (χ0n) is 15.0. The first-order chi connectivity index (χ1) is 13.0. The van der Waals surface area contributed by atoms with E-state index in [0.717, 1.165) is 27.7 Å². The quantitative estimate of drug-likeness (QED) is 0.658. The summed E-state index contributed by atoms with van der Waals surface area (Å²) in [4.78, 5) is 23.9. The lowest BCUT2D eigenvalue weighted by atomic mass is 10.0. The van der Waals surface area contributed by atoms with Crippen molar-refractivity contribution in [2.45, 2.75) is 20.3 Å². The van der Waals surface area contributed by atoms with E-state index in [2.05, 4.69) is 10.9 Å². The maximum atomic E-state index is 12.1. The van der Waals surface area contributed by atoms with Gasteiger partial charge in [-0.2, -0.15) is 0 Å². The van der Waals surface area contributed by atoms with E-state index >= 15 is 0 Å². The minimum absolute atomic E-state index is 0.0845. The molecule has 2 N–H and O–H groups in total. The van der Waals surface area contributed by atoms with Crippen LogP contribution in [0.15, 0.2) is 47.1 Å². The maximum absolute atomic E-state index is 12.1. The predicted octanol–water partition coefficient (Wildman–Crippen LogP) is 3.47. The highest BCUT2D eigenvalue weighted by atomic mass is 35.5. The van der Waals surface area contributed by atoms with Crippen LogP contribution in [0.1, 0.15) is 16.7 Å². The van der Waals surface area contributed by atoms with Crippen LogP contribution >= 0.6 is 11.6 Å². The second-order valence-corrected chi connectivity index (χ2v) is 6.54. The number of para-hydroxylation sites is 1. The number of halogens is 1. The monoisotopic (exact) mass is 386 g/mol. The number of hydrogen-bond acceptors (Lipinski definition) is 4. The molecule has 0 aliphatic rings. The molecule has 0 saturated heterocycles. The molecular weight excluding hydrogens is 368 g/mol. The average Bonchev–Trinajstić information content (AvgIpc) is 3.05. The average molecular weight is 387 g/mol. The van der Waals surface area contributed by atoms with Gasteiger partial charge in [-0.3, -0.25) is 20.4 Å². The Morgan fingerprint density at radius 1 is 1.07 bits per heavy atom. The largest absolute Gasteiger partial charge is 0.482 e. The first kappa shape index (κ1) is 18.8. The minimum Gasteiger partial charge on any atom is -0.482 e. The Bertz CT molecular complexity index is 997. The van der Waals surface area contributed by atoms with Gasteiger partial charge in [0, 0.05) is 10.9 Å². The van der Waals surface area contributed by atoms with Crippen molar-refractivity contribution in [2.24, 2.45) is 0 Å². The summed E-state index contributed by atoms with van der Waals surface area (Å²) in [5.74, 6) is -0.454. The van der Waals surface area contributed by atoms with E-state index < -0.39 is 5.91 Å². The van der Waals surface area contributed by atoms with Crippen molar-refractivity contribution < 1.29 is 18.7 Å². The molecule has 7 heteroatoms. The Kier molecular flexibility index (Phi) is 5.66. The maximum Gasteiger partial charge on any atom is 0.276 e. The van der Waals surface area contributed by atoms with E-state index in [1.54, 1.807) is 30.5 Å². The normalized spacial score (nSPS) is 10.6. The summed E-state index contributed by atoms with van der Waals surface area (Å²) in [6.07, 6.45) is 1.65. The lowest BCUT2D eigenvalue weighted by molar-refractivity contribution is -0.129. The SMILES string of the molecule is Cc1ccc2c(CC(=O)NNC(=O)COc3ccccc3Cl)coc2c1C. The molecule has 3 rings (SSSR count). The molecule has 1 aromatic heterocycles. The van der Waals surface area contributed by atoms with Crippen molar-refractivity contribution in [1.82, 2.24) is 10.9 Å². The Balaban J connectivity index is 1.52. The summed E-state index contributed by atoms with van der Waals surface area (Å²) in [5, 5.41) is 1.30. The molecule has 0 spiro atoms. The Morgan fingerprint density at radius 2 is 1.81 bits per heavy atom. The van der Waals surface area contributed by atoms with Gasteiger partial charge in [0.15, 0.2) is 6.61 Å². The van der Waals surface area contributed by atoms with Crippen LogP contribution in [0.2, 0.25) is 5.02 Å². The van der Waals surface area contributed by atoms with Crippen LogP contribution in [-0.4, -0.2) is 18.4 Å². The van der Waals surface area contributed by atoms with Crippen LogP contribution in [0.4, 0.5) is 0 Å². The number of ether oxygens (including phenoxy) is 1. The number of nitrogens with one attached hydrogen (secondary N) is 2. The van der Waals surface area contributed by atoms with E-state index in [4.69, 9.17) is 20.8 Å². The molecule has 6 nitrogen and oxygen atoms in total. The van der Waals surface area contributed by atoms with Gasteiger partial charge in [0.1, 0.15) is 11.3 Å². The van der Waals surface area contributed by atoms with E-state index in [1.165, 1.54) is 0 Å². The van der Waals surface area contributed by atoms with E-state index in [0.29, 0.717) is 10.8 Å². The number of amides is 2. The summed E-state index contributed by atoms with van der Waals surface area (Å²) >= 11 is 5.95. The summed E-state index contributed by atoms with van der Waals surface area (Å²) < 4.78 is 10.9. The van der Waals surface area contributed by atoms with Gasteiger partial charge in [-0.05, 0) is 37.1 Å². The number of rotatable bonds is 5. The van der Waals surface area contributed by atoms with E-state index in [9.17, 15) is 9.59 Å². The standard InChI is InChI=1S/C20H19ClN2O4/c1-12-7-8-15-14(10-27-20(15)13(12)2)9-18(24)22-23-19(25)11-26-17-6-4-3-5-16(17)21/h3-8,10H,9,11H2,1-2H3,(H,22,24)(H,23,25). The fourth-order valence-corrected chi connectivity index (χ4v) is 2.81. The highest BCUT2D eigenvalue weighted by molar-refractivity contribution is 6.32. The van der Waals surface area contributed by atoms with Gasteiger partial charge < -0.3 is 9.15 Å². The fourth-order valence-electron chi connectivity index (χ4n) is 2.62. The van der Waals surface area contributed by atoms with Crippen LogP contribution in [0.5, 0.6) is 5.75 Å². The number of hydrazine groups is 1. The van der Waals surface area contributed by atoms with Gasteiger partial charge in [-0.25, -0.2) is 0 Å². The number of carbonyl (C=O) groups excluding carboxylic acids is 2. The van der Waals surface area contributed by atoms with Gasteiger partial charge in [0.2, 0.25) is 5.91 Å². The summed E-state index contributed by atoms with van der Waals surface area (Å²) in [7, 11) is 0. The highest BCUT2D eigenvalue weighted by Gasteiger charge is 2.13. The fraction of sp³-hybridized carbons (Fsp3) is 0.200. The Labute approximate surface area is 161 Å². The number of carbonyl (C=O) groups is 2. The third-order valence-corrected chi connectivity index (χ3v) is 4.54. The smallest absolute Gasteiger partial charge is 0.276 e. The second kappa shape index (κ2) is 8.14. The molecule has 0 saturated carbocycles. The molecule has 0 radical (unpaired) electrons. The molecule has 2 aromatic carbocycles. The number of furan rings is 1.